The first kappa shape index (κ1) is 7.94. The van der Waals surface area contributed by atoms with Crippen molar-refractivity contribution in [2.24, 2.45) is 0 Å². The van der Waals surface area contributed by atoms with Gasteiger partial charge in [0.25, 0.3) is 0 Å². The van der Waals surface area contributed by atoms with E-state index in [0.29, 0.717) is 0 Å². The Hall–Kier alpha value is -0.160. The van der Waals surface area contributed by atoms with E-state index in [-0.39, 0.29) is 12.2 Å². The Bertz CT molecular complexity index is 211. The number of hydrogen-bond acceptors (Lipinski definition) is 3. The molecule has 2 atom stereocenters. The molecule has 0 spiro atoms. The summed E-state index contributed by atoms with van der Waals surface area (Å²) in [5.41, 5.74) is 0. The molecule has 0 aromatic heterocycles. The Labute approximate surface area is 58.8 Å². The molecule has 1 N–H and O–H groups in total. The van der Waals surface area contributed by atoms with Gasteiger partial charge < -0.3 is 5.11 Å². The number of sulfone groups is 1. The predicted molar refractivity (Wildman–Crippen MR) is 34.2 cm³/mol. The molecule has 0 amide bonds. The standard InChI is InChI=1S/C5H9FO3S/c6-4-3-10(8,9)2-1-5(4)7/h4-5,7H,1-3H2/t4-,5+/m1/s1. The van der Waals surface area contributed by atoms with E-state index in [1.54, 1.807) is 0 Å². The van der Waals surface area contributed by atoms with Gasteiger partial charge in [-0.1, -0.05) is 0 Å². The van der Waals surface area contributed by atoms with Crippen molar-refractivity contribution in [3.8, 4) is 0 Å². The highest BCUT2D eigenvalue weighted by molar-refractivity contribution is 7.91. The van der Waals surface area contributed by atoms with E-state index in [0.717, 1.165) is 0 Å². The molecule has 1 heterocycles. The first-order valence-corrected chi connectivity index (χ1v) is 4.86. The molecule has 5 heteroatoms. The lowest BCUT2D eigenvalue weighted by Gasteiger charge is -2.20. The van der Waals surface area contributed by atoms with Crippen LogP contribution < -0.4 is 0 Å². The largest absolute Gasteiger partial charge is 0.390 e. The highest BCUT2D eigenvalue weighted by Crippen LogP contribution is 2.15. The molecule has 0 aromatic carbocycles. The first-order chi connectivity index (χ1) is 4.51. The topological polar surface area (TPSA) is 54.4 Å². The number of aliphatic hydroxyl groups excluding tert-OH is 1. The summed E-state index contributed by atoms with van der Waals surface area (Å²) in [6, 6.07) is 0. The van der Waals surface area contributed by atoms with Gasteiger partial charge in [0.1, 0.15) is 6.17 Å². The Kier molecular flexibility index (Phi) is 1.96. The minimum Gasteiger partial charge on any atom is -0.390 e. The Morgan fingerprint density at radius 2 is 2.10 bits per heavy atom. The van der Waals surface area contributed by atoms with Gasteiger partial charge in [0.05, 0.1) is 17.6 Å². The molecular formula is C5H9FO3S. The van der Waals surface area contributed by atoms with E-state index in [1.807, 2.05) is 0 Å². The van der Waals surface area contributed by atoms with Gasteiger partial charge >= 0.3 is 0 Å². The highest BCUT2D eigenvalue weighted by atomic mass is 32.2. The number of hydrogen-bond donors (Lipinski definition) is 1. The summed E-state index contributed by atoms with van der Waals surface area (Å²) in [6.45, 7) is 0. The molecule has 0 aliphatic carbocycles. The summed E-state index contributed by atoms with van der Waals surface area (Å²) < 4.78 is 33.8. The third-order valence-corrected chi connectivity index (χ3v) is 3.24. The molecule has 1 saturated heterocycles. The van der Waals surface area contributed by atoms with Gasteiger partial charge in [-0.2, -0.15) is 0 Å². The van der Waals surface area contributed by atoms with Crippen LogP contribution in [0.5, 0.6) is 0 Å². The summed E-state index contributed by atoms with van der Waals surface area (Å²) in [4.78, 5) is 0. The fourth-order valence-electron chi connectivity index (χ4n) is 0.918. The first-order valence-electron chi connectivity index (χ1n) is 3.04. The summed E-state index contributed by atoms with van der Waals surface area (Å²) >= 11 is 0. The fourth-order valence-corrected chi connectivity index (χ4v) is 2.39. The summed E-state index contributed by atoms with van der Waals surface area (Å²) in [6.07, 6.45) is -2.63. The third kappa shape index (κ3) is 1.67. The lowest BCUT2D eigenvalue weighted by atomic mass is 10.2. The lowest BCUT2D eigenvalue weighted by Crippen LogP contribution is -2.37. The van der Waals surface area contributed by atoms with E-state index in [2.05, 4.69) is 0 Å². The molecule has 0 bridgehead atoms. The minimum absolute atomic E-state index is 0.0313. The van der Waals surface area contributed by atoms with E-state index in [1.165, 1.54) is 0 Å². The summed E-state index contributed by atoms with van der Waals surface area (Å²) in [5.74, 6) is -0.608. The minimum atomic E-state index is -3.20. The normalized spacial score (nSPS) is 39.4. The van der Waals surface area contributed by atoms with E-state index in [9.17, 15) is 12.8 Å². The van der Waals surface area contributed by atoms with Gasteiger partial charge in [0, 0.05) is 0 Å². The van der Waals surface area contributed by atoms with E-state index in [4.69, 9.17) is 5.11 Å². The second-order valence-electron chi connectivity index (χ2n) is 2.49. The Balaban J connectivity index is 2.66. The van der Waals surface area contributed by atoms with Crippen LogP contribution in [0.25, 0.3) is 0 Å². The van der Waals surface area contributed by atoms with Gasteiger partial charge in [-0.05, 0) is 6.42 Å². The van der Waals surface area contributed by atoms with Crippen LogP contribution in [0, 0.1) is 0 Å². The SMILES string of the molecule is O=S1(=O)CC[C@H](O)[C@H](F)C1. The molecule has 10 heavy (non-hydrogen) atoms. The van der Waals surface area contributed by atoms with Gasteiger partial charge in [-0.3, -0.25) is 0 Å². The molecular weight excluding hydrogens is 159 g/mol. The van der Waals surface area contributed by atoms with Crippen LogP contribution in [0.2, 0.25) is 0 Å². The van der Waals surface area contributed by atoms with Gasteiger partial charge in [-0.25, -0.2) is 12.8 Å². The number of alkyl halides is 1. The maximum atomic E-state index is 12.4. The van der Waals surface area contributed by atoms with Crippen molar-refractivity contribution in [3.63, 3.8) is 0 Å². The van der Waals surface area contributed by atoms with Crippen molar-refractivity contribution in [1.82, 2.24) is 0 Å². The second-order valence-corrected chi connectivity index (χ2v) is 4.72. The zero-order chi connectivity index (χ0) is 7.78. The molecule has 3 nitrogen and oxygen atoms in total. The van der Waals surface area contributed by atoms with E-state index >= 15 is 0 Å². The molecule has 1 rings (SSSR count). The molecule has 1 aliphatic rings. The fraction of sp³-hybridized carbons (Fsp3) is 1.00. The molecule has 60 valence electrons. The van der Waals surface area contributed by atoms with Crippen molar-refractivity contribution < 1.29 is 17.9 Å². The van der Waals surface area contributed by atoms with Crippen molar-refractivity contribution in [2.75, 3.05) is 11.5 Å². The van der Waals surface area contributed by atoms with Crippen molar-refractivity contribution in [3.05, 3.63) is 0 Å². The maximum Gasteiger partial charge on any atom is 0.153 e. The van der Waals surface area contributed by atoms with E-state index < -0.39 is 27.9 Å². The van der Waals surface area contributed by atoms with Crippen LogP contribution >= 0.6 is 0 Å². The summed E-state index contributed by atoms with van der Waals surface area (Å²) in [7, 11) is -3.20. The van der Waals surface area contributed by atoms with Crippen LogP contribution in [0.3, 0.4) is 0 Å². The average Bonchev–Trinajstić information content (AvgIpc) is 1.79. The molecule has 1 aliphatic heterocycles. The second kappa shape index (κ2) is 2.47. The molecule has 0 saturated carbocycles. The highest BCUT2D eigenvalue weighted by Gasteiger charge is 2.31. The average molecular weight is 168 g/mol. The molecule has 0 aromatic rings. The monoisotopic (exact) mass is 168 g/mol. The molecule has 0 radical (unpaired) electrons. The maximum absolute atomic E-state index is 12.4. The van der Waals surface area contributed by atoms with Crippen LogP contribution in [-0.4, -0.2) is 37.3 Å². The van der Waals surface area contributed by atoms with Crippen molar-refractivity contribution in [2.45, 2.75) is 18.7 Å². The number of rotatable bonds is 0. The summed E-state index contributed by atoms with van der Waals surface area (Å²) in [5, 5.41) is 8.77. The third-order valence-electron chi connectivity index (χ3n) is 1.56. The number of aliphatic hydroxyl groups is 1. The zero-order valence-corrected chi connectivity index (χ0v) is 6.14. The van der Waals surface area contributed by atoms with Crippen LogP contribution in [-0.2, 0) is 9.84 Å². The zero-order valence-electron chi connectivity index (χ0n) is 5.33. The van der Waals surface area contributed by atoms with Crippen LogP contribution in [0.4, 0.5) is 4.39 Å². The van der Waals surface area contributed by atoms with Crippen LogP contribution in [0.15, 0.2) is 0 Å². The van der Waals surface area contributed by atoms with Crippen molar-refractivity contribution in [1.29, 1.82) is 0 Å². The van der Waals surface area contributed by atoms with Gasteiger partial charge in [0.15, 0.2) is 9.84 Å². The smallest absolute Gasteiger partial charge is 0.153 e. The van der Waals surface area contributed by atoms with Gasteiger partial charge in [-0.15, -0.1) is 0 Å². The Morgan fingerprint density at radius 1 is 1.50 bits per heavy atom. The molecule has 0 unspecified atom stereocenters. The number of halogens is 1. The van der Waals surface area contributed by atoms with Crippen molar-refractivity contribution >= 4 is 9.84 Å². The molecule has 1 fully saturated rings. The quantitative estimate of drug-likeness (QED) is 0.530. The lowest BCUT2D eigenvalue weighted by molar-refractivity contribution is 0.0822. The predicted octanol–water partition coefficient (Wildman–Crippen LogP) is -0.496. The Morgan fingerprint density at radius 3 is 2.50 bits per heavy atom. The van der Waals surface area contributed by atoms with Gasteiger partial charge in [0.2, 0.25) is 0 Å². The van der Waals surface area contributed by atoms with Crippen LogP contribution in [0.1, 0.15) is 6.42 Å².